The molecule has 1 atom stereocenters. The Bertz CT molecular complexity index is 985. The third kappa shape index (κ3) is 5.25. The number of carbonyl (C=O) groups excluding carboxylic acids is 1. The molecular weight excluding hydrogens is 372 g/mol. The van der Waals surface area contributed by atoms with Gasteiger partial charge in [0, 0.05) is 24.1 Å². The number of aromatic nitrogens is 2. The zero-order chi connectivity index (χ0) is 20.8. The number of hydrogen-bond acceptors (Lipinski definition) is 6. The molecule has 1 aromatic heterocycles. The Morgan fingerprint density at radius 1 is 1.17 bits per heavy atom. The van der Waals surface area contributed by atoms with Crippen LogP contribution in [-0.4, -0.2) is 21.0 Å². The van der Waals surface area contributed by atoms with E-state index in [-0.39, 0.29) is 29.2 Å². The van der Waals surface area contributed by atoms with E-state index in [0.29, 0.717) is 18.4 Å². The fourth-order valence-corrected chi connectivity index (χ4v) is 2.90. The van der Waals surface area contributed by atoms with Gasteiger partial charge in [0.15, 0.2) is 0 Å². The van der Waals surface area contributed by atoms with Crippen LogP contribution in [0.15, 0.2) is 59.1 Å². The summed E-state index contributed by atoms with van der Waals surface area (Å²) in [6, 6.07) is 15.4. The van der Waals surface area contributed by atoms with Crippen LogP contribution in [0.5, 0.6) is 0 Å². The summed E-state index contributed by atoms with van der Waals surface area (Å²) in [5, 5.41) is 17.9. The minimum absolute atomic E-state index is 0.0223. The standard InChI is InChI=1S/C21H22N4O4/c1-14(2)19(22-18(26)12-11-15-7-4-3-5-8-15)21-23-20(24-29-21)16-9-6-10-17(13-16)25(27)28/h3-10,13-14,19H,11-12H2,1-2H3,(H,22,26)/t19-/m0/s1. The van der Waals surface area contributed by atoms with E-state index < -0.39 is 11.0 Å². The van der Waals surface area contributed by atoms with Crippen molar-refractivity contribution >= 4 is 11.6 Å². The lowest BCUT2D eigenvalue weighted by Gasteiger charge is -2.18. The highest BCUT2D eigenvalue weighted by Gasteiger charge is 2.25. The van der Waals surface area contributed by atoms with Gasteiger partial charge in [0.05, 0.1) is 4.92 Å². The molecule has 150 valence electrons. The summed E-state index contributed by atoms with van der Waals surface area (Å²) in [6.07, 6.45) is 0.985. The largest absolute Gasteiger partial charge is 0.344 e. The molecule has 0 spiro atoms. The fraction of sp³-hybridized carbons (Fsp3) is 0.286. The number of carbonyl (C=O) groups is 1. The molecule has 0 saturated heterocycles. The SMILES string of the molecule is CC(C)[C@H](NC(=O)CCc1ccccc1)c1nc(-c2cccc([N+](=O)[O-])c2)no1. The second-order valence-corrected chi connectivity index (χ2v) is 7.04. The maximum Gasteiger partial charge on any atom is 0.270 e. The normalized spacial score (nSPS) is 12.0. The number of amides is 1. The minimum atomic E-state index is -0.478. The van der Waals surface area contributed by atoms with E-state index in [1.54, 1.807) is 12.1 Å². The van der Waals surface area contributed by atoms with Gasteiger partial charge < -0.3 is 9.84 Å². The third-order valence-electron chi connectivity index (χ3n) is 4.49. The number of aryl methyl sites for hydroxylation is 1. The summed E-state index contributed by atoms with van der Waals surface area (Å²) in [5.41, 5.74) is 1.52. The highest BCUT2D eigenvalue weighted by Crippen LogP contribution is 2.25. The van der Waals surface area contributed by atoms with Gasteiger partial charge >= 0.3 is 0 Å². The van der Waals surface area contributed by atoms with E-state index in [4.69, 9.17) is 4.52 Å². The summed E-state index contributed by atoms with van der Waals surface area (Å²) in [7, 11) is 0. The Labute approximate surface area is 168 Å². The summed E-state index contributed by atoms with van der Waals surface area (Å²) < 4.78 is 5.36. The molecule has 29 heavy (non-hydrogen) atoms. The van der Waals surface area contributed by atoms with E-state index in [0.717, 1.165) is 5.56 Å². The van der Waals surface area contributed by atoms with Crippen molar-refractivity contribution < 1.29 is 14.2 Å². The van der Waals surface area contributed by atoms with E-state index in [1.165, 1.54) is 12.1 Å². The van der Waals surface area contributed by atoms with Gasteiger partial charge in [0.2, 0.25) is 17.6 Å². The lowest BCUT2D eigenvalue weighted by atomic mass is 10.0. The van der Waals surface area contributed by atoms with Crippen LogP contribution in [0.1, 0.15) is 37.8 Å². The molecule has 0 saturated carbocycles. The van der Waals surface area contributed by atoms with Gasteiger partial charge in [0.25, 0.3) is 5.69 Å². The number of hydrogen-bond donors (Lipinski definition) is 1. The first kappa shape index (κ1) is 20.2. The Hall–Kier alpha value is -3.55. The lowest BCUT2D eigenvalue weighted by Crippen LogP contribution is -2.32. The Morgan fingerprint density at radius 3 is 2.62 bits per heavy atom. The molecule has 0 fully saturated rings. The van der Waals surface area contributed by atoms with Gasteiger partial charge in [-0.3, -0.25) is 14.9 Å². The van der Waals surface area contributed by atoms with E-state index in [1.807, 2.05) is 44.2 Å². The van der Waals surface area contributed by atoms with Crippen molar-refractivity contribution in [3.63, 3.8) is 0 Å². The molecule has 0 bridgehead atoms. The first-order valence-corrected chi connectivity index (χ1v) is 9.35. The average molecular weight is 394 g/mol. The van der Waals surface area contributed by atoms with Crippen LogP contribution < -0.4 is 5.32 Å². The Kier molecular flexibility index (Phi) is 6.33. The molecule has 0 aliphatic rings. The predicted octanol–water partition coefficient (Wildman–Crippen LogP) is 4.09. The monoisotopic (exact) mass is 394 g/mol. The summed E-state index contributed by atoms with van der Waals surface area (Å²) >= 11 is 0. The molecule has 1 heterocycles. The molecule has 1 amide bonds. The van der Waals surface area contributed by atoms with Crippen molar-refractivity contribution in [1.82, 2.24) is 15.5 Å². The van der Waals surface area contributed by atoms with Crippen molar-refractivity contribution in [3.05, 3.63) is 76.2 Å². The number of nitro benzene ring substituents is 1. The smallest absolute Gasteiger partial charge is 0.270 e. The van der Waals surface area contributed by atoms with Crippen molar-refractivity contribution in [1.29, 1.82) is 0 Å². The number of rotatable bonds is 8. The van der Waals surface area contributed by atoms with Gasteiger partial charge in [-0.25, -0.2) is 0 Å². The van der Waals surface area contributed by atoms with Gasteiger partial charge in [-0.15, -0.1) is 0 Å². The molecule has 0 unspecified atom stereocenters. The van der Waals surface area contributed by atoms with Gasteiger partial charge in [-0.1, -0.05) is 61.5 Å². The van der Waals surface area contributed by atoms with Crippen LogP contribution in [0.3, 0.4) is 0 Å². The van der Waals surface area contributed by atoms with E-state index >= 15 is 0 Å². The first-order valence-electron chi connectivity index (χ1n) is 9.35. The lowest BCUT2D eigenvalue weighted by molar-refractivity contribution is -0.384. The molecule has 1 N–H and O–H groups in total. The number of non-ortho nitro benzene ring substituents is 1. The van der Waals surface area contributed by atoms with Crippen LogP contribution in [0.2, 0.25) is 0 Å². The molecule has 8 nitrogen and oxygen atoms in total. The molecule has 0 aliphatic carbocycles. The molecule has 3 aromatic rings. The zero-order valence-corrected chi connectivity index (χ0v) is 16.2. The Balaban J connectivity index is 1.70. The molecule has 3 rings (SSSR count). The van der Waals surface area contributed by atoms with Gasteiger partial charge in [0.1, 0.15) is 6.04 Å². The van der Waals surface area contributed by atoms with E-state index in [9.17, 15) is 14.9 Å². The van der Waals surface area contributed by atoms with Gasteiger partial charge in [-0.2, -0.15) is 4.98 Å². The molecule has 0 radical (unpaired) electrons. The highest BCUT2D eigenvalue weighted by molar-refractivity contribution is 5.76. The van der Waals surface area contributed by atoms with Gasteiger partial charge in [-0.05, 0) is 17.9 Å². The zero-order valence-electron chi connectivity index (χ0n) is 16.2. The first-order chi connectivity index (χ1) is 13.9. The number of nitrogens with zero attached hydrogens (tertiary/aromatic N) is 3. The van der Waals surface area contributed by atoms with Crippen LogP contribution in [0.4, 0.5) is 5.69 Å². The van der Waals surface area contributed by atoms with Crippen molar-refractivity contribution in [3.8, 4) is 11.4 Å². The van der Waals surface area contributed by atoms with Crippen LogP contribution >= 0.6 is 0 Å². The molecule has 8 heteroatoms. The molecule has 0 aliphatic heterocycles. The summed E-state index contributed by atoms with van der Waals surface area (Å²) in [5.74, 6) is 0.430. The Morgan fingerprint density at radius 2 is 1.93 bits per heavy atom. The molecule has 2 aromatic carbocycles. The maximum absolute atomic E-state index is 12.4. The maximum atomic E-state index is 12.4. The molecular formula is C21H22N4O4. The average Bonchev–Trinajstić information content (AvgIpc) is 3.21. The van der Waals surface area contributed by atoms with E-state index in [2.05, 4.69) is 15.5 Å². The number of nitrogens with one attached hydrogen (secondary N) is 1. The minimum Gasteiger partial charge on any atom is -0.344 e. The number of nitro groups is 1. The number of benzene rings is 2. The van der Waals surface area contributed by atoms with Crippen LogP contribution in [0.25, 0.3) is 11.4 Å². The fourth-order valence-electron chi connectivity index (χ4n) is 2.90. The topological polar surface area (TPSA) is 111 Å². The summed E-state index contributed by atoms with van der Waals surface area (Å²) in [6.45, 7) is 3.89. The van der Waals surface area contributed by atoms with Crippen LogP contribution in [0, 0.1) is 16.0 Å². The summed E-state index contributed by atoms with van der Waals surface area (Å²) in [4.78, 5) is 27.3. The quantitative estimate of drug-likeness (QED) is 0.455. The highest BCUT2D eigenvalue weighted by atomic mass is 16.6. The second kappa shape index (κ2) is 9.09. The third-order valence-corrected chi connectivity index (χ3v) is 4.49. The van der Waals surface area contributed by atoms with Crippen molar-refractivity contribution in [2.75, 3.05) is 0 Å². The van der Waals surface area contributed by atoms with Crippen molar-refractivity contribution in [2.24, 2.45) is 5.92 Å². The van der Waals surface area contributed by atoms with Crippen LogP contribution in [-0.2, 0) is 11.2 Å². The predicted molar refractivity (Wildman–Crippen MR) is 107 cm³/mol. The second-order valence-electron chi connectivity index (χ2n) is 7.04. The van der Waals surface area contributed by atoms with Crippen molar-refractivity contribution in [2.45, 2.75) is 32.7 Å².